The van der Waals surface area contributed by atoms with Crippen LogP contribution in [0, 0.1) is 6.92 Å². The van der Waals surface area contributed by atoms with Crippen LogP contribution in [-0.2, 0) is 0 Å². The Hall–Kier alpha value is -2.37. The Morgan fingerprint density at radius 1 is 1.53 bits per heavy atom. The zero-order valence-corrected chi connectivity index (χ0v) is 9.33. The number of rotatable bonds is 3. The van der Waals surface area contributed by atoms with Crippen LogP contribution in [0.5, 0.6) is 5.75 Å². The Bertz CT molecular complexity index is 536. The first-order chi connectivity index (χ1) is 8.16. The van der Waals surface area contributed by atoms with Gasteiger partial charge in [-0.15, -0.1) is 10.2 Å². The van der Waals surface area contributed by atoms with Crippen molar-refractivity contribution in [2.75, 3.05) is 12.3 Å². The molecule has 1 heterocycles. The first-order valence-electron chi connectivity index (χ1n) is 5.05. The van der Waals surface area contributed by atoms with Gasteiger partial charge in [0, 0.05) is 0 Å². The van der Waals surface area contributed by atoms with Crippen LogP contribution in [0.4, 0.5) is 5.95 Å². The van der Waals surface area contributed by atoms with Crippen LogP contribution >= 0.6 is 0 Å². The number of aryl methyl sites for hydroxylation is 1. The number of aromatic nitrogens is 3. The highest BCUT2D eigenvalue weighted by molar-refractivity contribution is 5.82. The van der Waals surface area contributed by atoms with Gasteiger partial charge in [0.25, 0.3) is 5.91 Å². The summed E-state index contributed by atoms with van der Waals surface area (Å²) in [5, 5.41) is 7.04. The van der Waals surface area contributed by atoms with Crippen molar-refractivity contribution in [1.29, 1.82) is 0 Å². The van der Waals surface area contributed by atoms with E-state index in [1.165, 1.54) is 6.33 Å². The second-order valence-electron chi connectivity index (χ2n) is 3.56. The smallest absolute Gasteiger partial charge is 0.272 e. The zero-order valence-electron chi connectivity index (χ0n) is 9.33. The van der Waals surface area contributed by atoms with Gasteiger partial charge in [0.05, 0.1) is 0 Å². The molecular formula is C11H12N4O2. The van der Waals surface area contributed by atoms with E-state index in [1.54, 1.807) is 6.07 Å². The Morgan fingerprint density at radius 3 is 3.00 bits per heavy atom. The second-order valence-corrected chi connectivity index (χ2v) is 3.56. The van der Waals surface area contributed by atoms with Gasteiger partial charge in [0.2, 0.25) is 5.95 Å². The maximum Gasteiger partial charge on any atom is 0.272 e. The predicted molar refractivity (Wildman–Crippen MR) is 61.7 cm³/mol. The Balaban J connectivity index is 1.99. The van der Waals surface area contributed by atoms with Crippen LogP contribution in [-0.4, -0.2) is 27.3 Å². The molecule has 0 aliphatic heterocycles. The number of nitrogens with two attached hydrogens (primary N) is 1. The first-order valence-corrected chi connectivity index (χ1v) is 5.05. The van der Waals surface area contributed by atoms with Gasteiger partial charge in [0.15, 0.2) is 6.61 Å². The predicted octanol–water partition coefficient (Wildman–Crippen LogP) is 0.888. The topological polar surface area (TPSA) is 83.0 Å². The molecule has 0 radical (unpaired) electrons. The molecule has 0 atom stereocenters. The molecule has 0 bridgehead atoms. The Morgan fingerprint density at radius 2 is 2.35 bits per heavy atom. The number of ether oxygens (including phenoxy) is 1. The van der Waals surface area contributed by atoms with Crippen molar-refractivity contribution in [3.8, 4) is 5.75 Å². The molecule has 0 spiro atoms. The van der Waals surface area contributed by atoms with Crippen molar-refractivity contribution in [3.63, 3.8) is 0 Å². The Kier molecular flexibility index (Phi) is 3.04. The number of benzene rings is 1. The van der Waals surface area contributed by atoms with E-state index in [1.807, 2.05) is 25.1 Å². The lowest BCUT2D eigenvalue weighted by molar-refractivity contribution is 0.0840. The summed E-state index contributed by atoms with van der Waals surface area (Å²) in [6.45, 7) is 1.85. The van der Waals surface area contributed by atoms with Gasteiger partial charge in [-0.1, -0.05) is 12.1 Å². The van der Waals surface area contributed by atoms with Gasteiger partial charge < -0.3 is 10.5 Å². The Labute approximate surface area is 98.0 Å². The summed E-state index contributed by atoms with van der Waals surface area (Å²) < 4.78 is 6.49. The summed E-state index contributed by atoms with van der Waals surface area (Å²) in [6.07, 6.45) is 1.26. The minimum atomic E-state index is -0.311. The monoisotopic (exact) mass is 232 g/mol. The number of nitrogens with zero attached hydrogens (tertiary/aromatic N) is 3. The minimum Gasteiger partial charge on any atom is -0.484 e. The molecule has 0 fully saturated rings. The highest BCUT2D eigenvalue weighted by Gasteiger charge is 2.09. The maximum absolute atomic E-state index is 11.7. The fourth-order valence-corrected chi connectivity index (χ4v) is 1.36. The molecule has 2 N–H and O–H groups in total. The van der Waals surface area contributed by atoms with E-state index in [0.717, 1.165) is 10.1 Å². The molecule has 0 aliphatic rings. The molecule has 2 aromatic rings. The van der Waals surface area contributed by atoms with Gasteiger partial charge in [-0.2, -0.15) is 0 Å². The third-order valence-electron chi connectivity index (χ3n) is 2.19. The molecule has 1 aromatic carbocycles. The van der Waals surface area contributed by atoms with Crippen molar-refractivity contribution < 1.29 is 9.53 Å². The van der Waals surface area contributed by atoms with Crippen molar-refractivity contribution in [3.05, 3.63) is 36.2 Å². The van der Waals surface area contributed by atoms with Crippen LogP contribution in [0.1, 0.15) is 10.4 Å². The van der Waals surface area contributed by atoms with Crippen LogP contribution in [0.3, 0.4) is 0 Å². The van der Waals surface area contributed by atoms with Crippen molar-refractivity contribution in [2.24, 2.45) is 0 Å². The average Bonchev–Trinajstić information content (AvgIpc) is 2.72. The van der Waals surface area contributed by atoms with E-state index >= 15 is 0 Å². The van der Waals surface area contributed by atoms with E-state index in [2.05, 4.69) is 10.2 Å². The average molecular weight is 232 g/mol. The molecule has 6 nitrogen and oxygen atoms in total. The number of carbonyl (C=O) groups is 1. The highest BCUT2D eigenvalue weighted by atomic mass is 16.5. The van der Waals surface area contributed by atoms with Crippen LogP contribution in [0.2, 0.25) is 0 Å². The molecule has 0 saturated heterocycles. The summed E-state index contributed by atoms with van der Waals surface area (Å²) in [5.74, 6) is 0.391. The molecule has 0 amide bonds. The zero-order chi connectivity index (χ0) is 12.3. The summed E-state index contributed by atoms with van der Waals surface area (Å²) in [4.78, 5) is 11.7. The van der Waals surface area contributed by atoms with E-state index < -0.39 is 0 Å². The number of nitrogen functional groups attached to an aromatic ring is 1. The summed E-state index contributed by atoms with van der Waals surface area (Å²) >= 11 is 0. The minimum absolute atomic E-state index is 0.0582. The normalized spacial score (nSPS) is 10.2. The molecule has 1 aromatic heterocycles. The third kappa shape index (κ3) is 2.60. The van der Waals surface area contributed by atoms with E-state index in [-0.39, 0.29) is 18.5 Å². The van der Waals surface area contributed by atoms with Crippen molar-refractivity contribution in [2.45, 2.75) is 6.92 Å². The van der Waals surface area contributed by atoms with E-state index in [4.69, 9.17) is 10.5 Å². The fourth-order valence-electron chi connectivity index (χ4n) is 1.36. The molecule has 6 heteroatoms. The highest BCUT2D eigenvalue weighted by Crippen LogP contribution is 2.12. The lowest BCUT2D eigenvalue weighted by Crippen LogP contribution is -2.20. The van der Waals surface area contributed by atoms with Crippen molar-refractivity contribution in [1.82, 2.24) is 14.8 Å². The van der Waals surface area contributed by atoms with Gasteiger partial charge in [-0.25, -0.2) is 4.57 Å². The summed E-state index contributed by atoms with van der Waals surface area (Å²) in [5.41, 5.74) is 6.52. The molecule has 0 saturated carbocycles. The third-order valence-corrected chi connectivity index (χ3v) is 2.19. The number of carbonyl (C=O) groups excluding carboxylic acids is 1. The molecule has 17 heavy (non-hydrogen) atoms. The summed E-state index contributed by atoms with van der Waals surface area (Å²) in [6, 6.07) is 7.45. The van der Waals surface area contributed by atoms with Crippen LogP contribution < -0.4 is 10.5 Å². The van der Waals surface area contributed by atoms with Gasteiger partial charge in [0.1, 0.15) is 12.1 Å². The second kappa shape index (κ2) is 4.65. The van der Waals surface area contributed by atoms with Crippen LogP contribution in [0.15, 0.2) is 30.6 Å². The quantitative estimate of drug-likeness (QED) is 0.849. The lowest BCUT2D eigenvalue weighted by atomic mass is 10.2. The molecule has 0 aliphatic carbocycles. The van der Waals surface area contributed by atoms with Gasteiger partial charge >= 0.3 is 0 Å². The van der Waals surface area contributed by atoms with Gasteiger partial charge in [-0.05, 0) is 24.6 Å². The molecule has 2 rings (SSSR count). The van der Waals surface area contributed by atoms with Crippen LogP contribution in [0.25, 0.3) is 0 Å². The molecule has 88 valence electrons. The summed E-state index contributed by atoms with van der Waals surface area (Å²) in [7, 11) is 0. The molecule has 0 unspecified atom stereocenters. The fraction of sp³-hybridized carbons (Fsp3) is 0.182. The standard InChI is InChI=1S/C11H12N4O2/c1-8-3-2-4-9(5-8)17-6-10(16)15-7-13-14-11(15)12/h2-5,7H,6H2,1H3,(H2,12,14). The lowest BCUT2D eigenvalue weighted by Gasteiger charge is -2.06. The van der Waals surface area contributed by atoms with E-state index in [9.17, 15) is 4.79 Å². The number of hydrogen-bond acceptors (Lipinski definition) is 5. The molecular weight excluding hydrogens is 220 g/mol. The first kappa shape index (κ1) is 11.1. The SMILES string of the molecule is Cc1cccc(OCC(=O)n2cnnc2N)c1. The van der Waals surface area contributed by atoms with Crippen molar-refractivity contribution >= 4 is 11.9 Å². The number of hydrogen-bond donors (Lipinski definition) is 1. The van der Waals surface area contributed by atoms with Gasteiger partial charge in [-0.3, -0.25) is 4.79 Å². The van der Waals surface area contributed by atoms with E-state index in [0.29, 0.717) is 5.75 Å². The number of anilines is 1. The maximum atomic E-state index is 11.7. The largest absolute Gasteiger partial charge is 0.484 e.